The lowest BCUT2D eigenvalue weighted by Crippen LogP contribution is -2.31. The van der Waals surface area contributed by atoms with Gasteiger partial charge in [-0.1, -0.05) is 30.8 Å². The Kier molecular flexibility index (Phi) is 11.7. The van der Waals surface area contributed by atoms with Crippen LogP contribution in [0.3, 0.4) is 0 Å². The molecule has 202 valence electrons. The van der Waals surface area contributed by atoms with E-state index in [9.17, 15) is 9.59 Å². The van der Waals surface area contributed by atoms with Gasteiger partial charge in [0, 0.05) is 41.1 Å². The van der Waals surface area contributed by atoms with Crippen LogP contribution in [-0.2, 0) is 36.6 Å². The van der Waals surface area contributed by atoms with Crippen LogP contribution >= 0.6 is 0 Å². The topological polar surface area (TPSA) is 102 Å². The number of methoxy groups -OCH3 is 1. The number of carbonyl (C=O) groups excluding carboxylic acids is 2. The van der Waals surface area contributed by atoms with Crippen LogP contribution in [0.1, 0.15) is 30.9 Å². The highest BCUT2D eigenvalue weighted by atomic mass is 16.6. The highest BCUT2D eigenvalue weighted by Crippen LogP contribution is 2.44. The molecule has 0 spiro atoms. The van der Waals surface area contributed by atoms with Gasteiger partial charge in [0.15, 0.2) is 0 Å². The van der Waals surface area contributed by atoms with E-state index in [1.54, 1.807) is 14.0 Å². The van der Waals surface area contributed by atoms with Crippen LogP contribution in [0.15, 0.2) is 36.4 Å². The SMILES string of the molecule is C=C(C)C(=O)OCCOCCOCCNC(=O)Oc1c2c(c(OCCOC)c3ccccc13)CCCC2. The van der Waals surface area contributed by atoms with Gasteiger partial charge in [-0.2, -0.15) is 0 Å². The highest BCUT2D eigenvalue weighted by molar-refractivity contribution is 5.97. The molecule has 0 unspecified atom stereocenters. The van der Waals surface area contributed by atoms with E-state index in [0.717, 1.165) is 53.3 Å². The summed E-state index contributed by atoms with van der Waals surface area (Å²) < 4.78 is 32.9. The van der Waals surface area contributed by atoms with Gasteiger partial charge in [0.25, 0.3) is 0 Å². The standard InChI is InChI=1S/C28H37NO8/c1-20(2)27(30)36-19-17-34-16-15-33-13-12-29-28(31)37-26-23-10-6-4-8-21(23)25(35-18-14-32-3)22-9-5-7-11-24(22)26/h4,6,8,10H,1,5,7,9,11-19H2,2-3H3,(H,29,31). The van der Waals surface area contributed by atoms with Gasteiger partial charge in [-0.05, 0) is 32.6 Å². The number of hydrogen-bond acceptors (Lipinski definition) is 8. The second kappa shape index (κ2) is 15.2. The second-order valence-corrected chi connectivity index (χ2v) is 8.67. The molecule has 0 saturated heterocycles. The number of esters is 1. The lowest BCUT2D eigenvalue weighted by Gasteiger charge is -2.25. The van der Waals surface area contributed by atoms with Crippen LogP contribution in [0.5, 0.6) is 11.5 Å². The van der Waals surface area contributed by atoms with Crippen LogP contribution in [-0.4, -0.2) is 72.0 Å². The lowest BCUT2D eigenvalue weighted by molar-refractivity contribution is -0.140. The van der Waals surface area contributed by atoms with Crippen LogP contribution in [0, 0.1) is 0 Å². The molecular weight excluding hydrogens is 478 g/mol. The summed E-state index contributed by atoms with van der Waals surface area (Å²) in [5.41, 5.74) is 2.50. The summed E-state index contributed by atoms with van der Waals surface area (Å²) in [6, 6.07) is 7.85. The zero-order chi connectivity index (χ0) is 26.5. The Balaban J connectivity index is 1.48. The molecule has 0 bridgehead atoms. The smallest absolute Gasteiger partial charge is 0.412 e. The predicted octanol–water partition coefficient (Wildman–Crippen LogP) is 3.98. The van der Waals surface area contributed by atoms with Crippen molar-refractivity contribution in [2.24, 2.45) is 0 Å². The van der Waals surface area contributed by atoms with Gasteiger partial charge >= 0.3 is 12.1 Å². The molecule has 2 aromatic carbocycles. The molecule has 2 aromatic rings. The molecule has 0 atom stereocenters. The van der Waals surface area contributed by atoms with Gasteiger partial charge in [0.2, 0.25) is 0 Å². The summed E-state index contributed by atoms with van der Waals surface area (Å²) >= 11 is 0. The molecule has 0 aliphatic heterocycles. The number of carbonyl (C=O) groups is 2. The number of benzene rings is 2. The number of ether oxygens (including phenoxy) is 6. The molecule has 1 N–H and O–H groups in total. The fourth-order valence-electron chi connectivity index (χ4n) is 4.11. The molecule has 0 radical (unpaired) electrons. The Morgan fingerprint density at radius 3 is 2.16 bits per heavy atom. The van der Waals surface area contributed by atoms with E-state index in [1.807, 2.05) is 24.3 Å². The summed E-state index contributed by atoms with van der Waals surface area (Å²) in [4.78, 5) is 23.9. The quantitative estimate of drug-likeness (QED) is 0.216. The van der Waals surface area contributed by atoms with Gasteiger partial charge < -0.3 is 33.7 Å². The van der Waals surface area contributed by atoms with E-state index in [1.165, 1.54) is 0 Å². The molecule has 0 saturated carbocycles. The van der Waals surface area contributed by atoms with Crippen molar-refractivity contribution in [1.82, 2.24) is 5.32 Å². The molecule has 0 fully saturated rings. The summed E-state index contributed by atoms with van der Waals surface area (Å²) in [6.45, 7) is 7.83. The third kappa shape index (κ3) is 8.45. The zero-order valence-corrected chi connectivity index (χ0v) is 21.8. The summed E-state index contributed by atoms with van der Waals surface area (Å²) in [5, 5.41) is 4.54. The first kappa shape index (κ1) is 28.4. The summed E-state index contributed by atoms with van der Waals surface area (Å²) in [6.07, 6.45) is 3.29. The molecule has 1 amide bonds. The molecular formula is C28H37NO8. The van der Waals surface area contributed by atoms with E-state index in [2.05, 4.69) is 11.9 Å². The number of fused-ring (bicyclic) bond motifs is 2. The van der Waals surface area contributed by atoms with Crippen molar-refractivity contribution in [2.45, 2.75) is 32.6 Å². The normalized spacial score (nSPS) is 12.6. The summed E-state index contributed by atoms with van der Waals surface area (Å²) in [7, 11) is 1.65. The lowest BCUT2D eigenvalue weighted by atomic mass is 9.87. The van der Waals surface area contributed by atoms with Gasteiger partial charge in [-0.3, -0.25) is 0 Å². The van der Waals surface area contributed by atoms with Crippen molar-refractivity contribution < 1.29 is 38.0 Å². The average molecular weight is 516 g/mol. The molecule has 9 heteroatoms. The van der Waals surface area contributed by atoms with Gasteiger partial charge in [-0.15, -0.1) is 0 Å². The largest absolute Gasteiger partial charge is 0.490 e. The zero-order valence-electron chi connectivity index (χ0n) is 21.8. The van der Waals surface area contributed by atoms with Gasteiger partial charge in [0.1, 0.15) is 24.7 Å². The average Bonchev–Trinajstić information content (AvgIpc) is 2.91. The van der Waals surface area contributed by atoms with Gasteiger partial charge in [0.05, 0.1) is 33.0 Å². The number of rotatable bonds is 15. The van der Waals surface area contributed by atoms with Crippen LogP contribution < -0.4 is 14.8 Å². The Morgan fingerprint density at radius 1 is 0.865 bits per heavy atom. The monoisotopic (exact) mass is 515 g/mol. The third-order valence-corrected chi connectivity index (χ3v) is 5.86. The number of amides is 1. The maximum absolute atomic E-state index is 12.6. The first-order valence-corrected chi connectivity index (χ1v) is 12.6. The van der Waals surface area contributed by atoms with E-state index < -0.39 is 12.1 Å². The van der Waals surface area contributed by atoms with Crippen molar-refractivity contribution in [3.05, 3.63) is 47.5 Å². The Morgan fingerprint density at radius 2 is 1.49 bits per heavy atom. The number of nitrogens with one attached hydrogen (secondary N) is 1. The molecule has 1 aliphatic rings. The maximum Gasteiger partial charge on any atom is 0.412 e. The second-order valence-electron chi connectivity index (χ2n) is 8.67. The van der Waals surface area contributed by atoms with Crippen LogP contribution in [0.4, 0.5) is 4.79 Å². The number of hydrogen-bond donors (Lipinski definition) is 1. The Hall–Kier alpha value is -3.14. The molecule has 1 aliphatic carbocycles. The highest BCUT2D eigenvalue weighted by Gasteiger charge is 2.25. The first-order chi connectivity index (χ1) is 18.0. The molecule has 9 nitrogen and oxygen atoms in total. The van der Waals surface area contributed by atoms with E-state index in [-0.39, 0.29) is 13.2 Å². The van der Waals surface area contributed by atoms with Crippen molar-refractivity contribution in [3.8, 4) is 11.5 Å². The fraction of sp³-hybridized carbons (Fsp3) is 0.500. The first-order valence-electron chi connectivity index (χ1n) is 12.6. The molecule has 37 heavy (non-hydrogen) atoms. The van der Waals surface area contributed by atoms with Crippen molar-refractivity contribution in [2.75, 3.05) is 59.9 Å². The van der Waals surface area contributed by atoms with Gasteiger partial charge in [-0.25, -0.2) is 9.59 Å². The maximum atomic E-state index is 12.6. The minimum atomic E-state index is -0.523. The minimum Gasteiger partial charge on any atom is -0.490 e. The Bertz CT molecular complexity index is 1070. The third-order valence-electron chi connectivity index (χ3n) is 5.86. The fourth-order valence-corrected chi connectivity index (χ4v) is 4.11. The molecule has 0 heterocycles. The van der Waals surface area contributed by atoms with Crippen LogP contribution in [0.2, 0.25) is 0 Å². The Labute approximate surface area is 218 Å². The van der Waals surface area contributed by atoms with E-state index in [0.29, 0.717) is 50.9 Å². The van der Waals surface area contributed by atoms with E-state index >= 15 is 0 Å². The van der Waals surface area contributed by atoms with Crippen molar-refractivity contribution in [1.29, 1.82) is 0 Å². The van der Waals surface area contributed by atoms with E-state index in [4.69, 9.17) is 28.4 Å². The summed E-state index contributed by atoms with van der Waals surface area (Å²) in [5.74, 6) is 1.03. The minimum absolute atomic E-state index is 0.164. The van der Waals surface area contributed by atoms with Crippen LogP contribution in [0.25, 0.3) is 10.8 Å². The van der Waals surface area contributed by atoms with Crippen molar-refractivity contribution in [3.63, 3.8) is 0 Å². The predicted molar refractivity (Wildman–Crippen MR) is 139 cm³/mol. The molecule has 3 rings (SSSR count). The van der Waals surface area contributed by atoms with Crippen molar-refractivity contribution >= 4 is 22.8 Å². The molecule has 0 aromatic heterocycles.